The van der Waals surface area contributed by atoms with Crippen molar-refractivity contribution in [3.63, 3.8) is 0 Å². The average Bonchev–Trinajstić information content (AvgIpc) is 2.77. The monoisotopic (exact) mass is 430 g/mol. The number of guanidine groups is 1. The molecule has 30 heavy (non-hydrogen) atoms. The first kappa shape index (κ1) is 23.9. The quantitative estimate of drug-likeness (QED) is 0.399. The maximum atomic E-state index is 11.8. The molecule has 2 aromatic rings. The number of rotatable bonds is 10. The minimum absolute atomic E-state index is 0.0308. The molecule has 0 amide bonds. The Bertz CT molecular complexity index is 923. The summed E-state index contributed by atoms with van der Waals surface area (Å²) in [6.07, 6.45) is 2.05. The highest BCUT2D eigenvalue weighted by atomic mass is 32.2. The molecule has 3 N–H and O–H groups in total. The van der Waals surface area contributed by atoms with Gasteiger partial charge in [-0.2, -0.15) is 0 Å². The van der Waals surface area contributed by atoms with Gasteiger partial charge in [-0.1, -0.05) is 68.4 Å². The van der Waals surface area contributed by atoms with Crippen LogP contribution in [-0.4, -0.2) is 35.0 Å². The van der Waals surface area contributed by atoms with Crippen LogP contribution in [0.15, 0.2) is 59.6 Å². The number of aliphatic imine (C=N–C) groups is 1. The maximum Gasteiger partial charge on any atom is 0.215 e. The van der Waals surface area contributed by atoms with Gasteiger partial charge in [-0.25, -0.2) is 13.1 Å². The summed E-state index contributed by atoms with van der Waals surface area (Å²) < 4.78 is 25.9. The van der Waals surface area contributed by atoms with E-state index in [4.69, 9.17) is 0 Å². The molecule has 0 aliphatic heterocycles. The second-order valence-electron chi connectivity index (χ2n) is 7.42. The van der Waals surface area contributed by atoms with Crippen molar-refractivity contribution in [1.29, 1.82) is 0 Å². The number of hydrogen-bond donors (Lipinski definition) is 3. The van der Waals surface area contributed by atoms with E-state index in [1.54, 1.807) is 7.05 Å². The van der Waals surface area contributed by atoms with E-state index >= 15 is 0 Å². The van der Waals surface area contributed by atoms with Crippen LogP contribution in [0.1, 0.15) is 43.4 Å². The molecule has 0 bridgehead atoms. The van der Waals surface area contributed by atoms with Crippen molar-refractivity contribution in [2.75, 3.05) is 20.6 Å². The molecule has 0 saturated carbocycles. The van der Waals surface area contributed by atoms with Gasteiger partial charge in [0.15, 0.2) is 5.96 Å². The number of benzene rings is 2. The van der Waals surface area contributed by atoms with Crippen molar-refractivity contribution < 1.29 is 8.42 Å². The first-order chi connectivity index (χ1) is 14.4. The molecule has 0 spiro atoms. The summed E-state index contributed by atoms with van der Waals surface area (Å²) in [5.74, 6) is 0.696. The molecule has 0 radical (unpaired) electrons. The lowest BCUT2D eigenvalue weighted by Gasteiger charge is -2.33. The lowest BCUT2D eigenvalue weighted by atomic mass is 9.76. The molecule has 0 aromatic heterocycles. The maximum absolute atomic E-state index is 11.8. The minimum Gasteiger partial charge on any atom is -0.356 e. The lowest BCUT2D eigenvalue weighted by Crippen LogP contribution is -2.45. The van der Waals surface area contributed by atoms with E-state index in [0.29, 0.717) is 6.54 Å². The van der Waals surface area contributed by atoms with Crippen LogP contribution in [0.3, 0.4) is 0 Å². The van der Waals surface area contributed by atoms with Gasteiger partial charge in [0, 0.05) is 25.6 Å². The zero-order chi connectivity index (χ0) is 22.0. The Morgan fingerprint density at radius 2 is 1.63 bits per heavy atom. The Morgan fingerprint density at radius 3 is 2.23 bits per heavy atom. The van der Waals surface area contributed by atoms with Crippen molar-refractivity contribution in [3.8, 4) is 0 Å². The summed E-state index contributed by atoms with van der Waals surface area (Å²) in [6.45, 7) is 5.78. The largest absolute Gasteiger partial charge is 0.356 e. The standard InChI is InChI=1S/C23H34N4O2S/c1-5-23(6-2,21-13-8-7-9-14-21)18-27-22(24-3)26-16-19-11-10-12-20(15-19)17-30(28,29)25-4/h7-15,25H,5-6,16-18H2,1-4H3,(H2,24,26,27). The van der Waals surface area contributed by atoms with E-state index in [0.717, 1.165) is 36.5 Å². The fourth-order valence-electron chi connectivity index (χ4n) is 3.58. The summed E-state index contributed by atoms with van der Waals surface area (Å²) in [4.78, 5) is 4.35. The Balaban J connectivity index is 2.01. The average molecular weight is 431 g/mol. The van der Waals surface area contributed by atoms with Crippen LogP contribution in [-0.2, 0) is 27.7 Å². The van der Waals surface area contributed by atoms with Gasteiger partial charge in [-0.05, 0) is 36.6 Å². The van der Waals surface area contributed by atoms with E-state index in [9.17, 15) is 8.42 Å². The third-order valence-electron chi connectivity index (χ3n) is 5.68. The number of nitrogens with one attached hydrogen (secondary N) is 3. The molecule has 0 aliphatic rings. The van der Waals surface area contributed by atoms with E-state index < -0.39 is 10.0 Å². The molecular formula is C23H34N4O2S. The molecule has 2 aromatic carbocycles. The lowest BCUT2D eigenvalue weighted by molar-refractivity contribution is 0.389. The third kappa shape index (κ3) is 6.57. The van der Waals surface area contributed by atoms with Gasteiger partial charge in [0.25, 0.3) is 0 Å². The van der Waals surface area contributed by atoms with Crippen LogP contribution in [0.4, 0.5) is 0 Å². The normalized spacial score (nSPS) is 12.6. The van der Waals surface area contributed by atoms with Crippen LogP contribution < -0.4 is 15.4 Å². The highest BCUT2D eigenvalue weighted by Gasteiger charge is 2.28. The first-order valence-electron chi connectivity index (χ1n) is 10.4. The SMILES string of the molecule is CCC(CC)(CNC(=NC)NCc1cccc(CS(=O)(=O)NC)c1)c1ccccc1. The molecule has 0 atom stereocenters. The van der Waals surface area contributed by atoms with Gasteiger partial charge in [0.05, 0.1) is 5.75 Å². The summed E-state index contributed by atoms with van der Waals surface area (Å²) in [7, 11) is -0.103. The summed E-state index contributed by atoms with van der Waals surface area (Å²) >= 11 is 0. The van der Waals surface area contributed by atoms with Gasteiger partial charge in [0.2, 0.25) is 10.0 Å². The van der Waals surface area contributed by atoms with Gasteiger partial charge in [-0.15, -0.1) is 0 Å². The smallest absolute Gasteiger partial charge is 0.215 e. The van der Waals surface area contributed by atoms with Crippen molar-refractivity contribution in [2.24, 2.45) is 4.99 Å². The highest BCUT2D eigenvalue weighted by Crippen LogP contribution is 2.30. The molecule has 6 nitrogen and oxygen atoms in total. The number of hydrogen-bond acceptors (Lipinski definition) is 3. The van der Waals surface area contributed by atoms with E-state index in [2.05, 4.69) is 58.5 Å². The van der Waals surface area contributed by atoms with Crippen LogP contribution in [0.25, 0.3) is 0 Å². The van der Waals surface area contributed by atoms with Crippen LogP contribution in [0.5, 0.6) is 0 Å². The van der Waals surface area contributed by atoms with E-state index in [1.807, 2.05) is 30.3 Å². The predicted octanol–water partition coefficient (Wildman–Crippen LogP) is 3.16. The topological polar surface area (TPSA) is 82.6 Å². The van der Waals surface area contributed by atoms with Gasteiger partial charge >= 0.3 is 0 Å². The summed E-state index contributed by atoms with van der Waals surface area (Å²) in [5.41, 5.74) is 3.13. The summed E-state index contributed by atoms with van der Waals surface area (Å²) in [6, 6.07) is 18.2. The molecule has 164 valence electrons. The Labute approximate surface area is 181 Å². The Morgan fingerprint density at radius 1 is 0.967 bits per heavy atom. The molecule has 0 aliphatic carbocycles. The van der Waals surface area contributed by atoms with Crippen LogP contribution in [0, 0.1) is 0 Å². The van der Waals surface area contributed by atoms with Crippen molar-refractivity contribution >= 4 is 16.0 Å². The number of nitrogens with zero attached hydrogens (tertiary/aromatic N) is 1. The zero-order valence-electron chi connectivity index (χ0n) is 18.4. The van der Waals surface area contributed by atoms with Gasteiger partial charge in [-0.3, -0.25) is 4.99 Å². The number of sulfonamides is 1. The van der Waals surface area contributed by atoms with Crippen molar-refractivity contribution in [3.05, 3.63) is 71.3 Å². The zero-order valence-corrected chi connectivity index (χ0v) is 19.2. The predicted molar refractivity (Wildman–Crippen MR) is 125 cm³/mol. The second-order valence-corrected chi connectivity index (χ2v) is 9.34. The minimum atomic E-state index is -3.29. The molecule has 7 heteroatoms. The van der Waals surface area contributed by atoms with E-state index in [1.165, 1.54) is 12.6 Å². The summed E-state index contributed by atoms with van der Waals surface area (Å²) in [5, 5.41) is 6.81. The molecule has 0 saturated heterocycles. The fraction of sp³-hybridized carbons (Fsp3) is 0.435. The fourth-order valence-corrected chi connectivity index (χ4v) is 4.35. The van der Waals surface area contributed by atoms with Crippen LogP contribution >= 0.6 is 0 Å². The first-order valence-corrected chi connectivity index (χ1v) is 12.0. The molecule has 0 fully saturated rings. The molecular weight excluding hydrogens is 396 g/mol. The van der Waals surface area contributed by atoms with E-state index in [-0.39, 0.29) is 11.2 Å². The molecule has 0 unspecified atom stereocenters. The van der Waals surface area contributed by atoms with Crippen LogP contribution in [0.2, 0.25) is 0 Å². The Hall–Kier alpha value is -2.38. The highest BCUT2D eigenvalue weighted by molar-refractivity contribution is 7.88. The second kappa shape index (κ2) is 11.1. The Kier molecular flexibility index (Phi) is 8.87. The van der Waals surface area contributed by atoms with Crippen molar-refractivity contribution in [2.45, 2.75) is 44.4 Å². The van der Waals surface area contributed by atoms with Gasteiger partial charge < -0.3 is 10.6 Å². The molecule has 2 rings (SSSR count). The molecule has 0 heterocycles. The van der Waals surface area contributed by atoms with Gasteiger partial charge in [0.1, 0.15) is 0 Å². The van der Waals surface area contributed by atoms with Crippen molar-refractivity contribution in [1.82, 2.24) is 15.4 Å². The third-order valence-corrected chi connectivity index (χ3v) is 7.01.